The number of carbonyl (C=O) groups excluding carboxylic acids is 1. The first-order chi connectivity index (χ1) is 10.6. The lowest BCUT2D eigenvalue weighted by molar-refractivity contribution is -0.138. The molecule has 0 radical (unpaired) electrons. The molecule has 0 unspecified atom stereocenters. The minimum atomic E-state index is -0.878. The molecule has 4 nitrogen and oxygen atoms in total. The van der Waals surface area contributed by atoms with Crippen LogP contribution in [0.4, 0.5) is 5.69 Å². The first-order valence-electron chi connectivity index (χ1n) is 7.40. The molecule has 0 saturated heterocycles. The van der Waals surface area contributed by atoms with Crippen LogP contribution in [0.25, 0.3) is 0 Å². The highest BCUT2D eigenvalue weighted by molar-refractivity contribution is 7.14. The molecule has 1 aromatic heterocycles. The molecule has 1 aliphatic carbocycles. The number of rotatable bonds is 2. The molecule has 1 aliphatic heterocycles. The van der Waals surface area contributed by atoms with Gasteiger partial charge < -0.3 is 10.0 Å². The summed E-state index contributed by atoms with van der Waals surface area (Å²) in [7, 11) is 0. The van der Waals surface area contributed by atoms with Crippen LogP contribution in [-0.4, -0.2) is 23.5 Å². The number of para-hydroxylation sites is 1. The third-order valence-electron chi connectivity index (χ3n) is 4.47. The van der Waals surface area contributed by atoms with Gasteiger partial charge in [-0.3, -0.25) is 9.59 Å². The van der Waals surface area contributed by atoms with Gasteiger partial charge in [-0.15, -0.1) is 11.3 Å². The molecule has 2 aliphatic rings. The van der Waals surface area contributed by atoms with Gasteiger partial charge in [0.2, 0.25) is 0 Å². The summed E-state index contributed by atoms with van der Waals surface area (Å²) in [5.74, 6) is -1.58. The fraction of sp³-hybridized carbons (Fsp3) is 0.294. The molecule has 22 heavy (non-hydrogen) atoms. The molecule has 0 spiro atoms. The number of thiophene rings is 1. The van der Waals surface area contributed by atoms with E-state index < -0.39 is 11.9 Å². The number of aryl methyl sites for hydroxylation is 2. The number of fused-ring (bicyclic) bond motifs is 2. The van der Waals surface area contributed by atoms with Crippen LogP contribution in [0.1, 0.15) is 38.0 Å². The van der Waals surface area contributed by atoms with E-state index in [2.05, 4.69) is 0 Å². The molecule has 2 heterocycles. The number of aliphatic carboxylic acids is 1. The lowest BCUT2D eigenvalue weighted by Crippen LogP contribution is -2.30. The molecule has 0 bridgehead atoms. The van der Waals surface area contributed by atoms with Crippen molar-refractivity contribution in [3.05, 3.63) is 51.2 Å². The Bertz CT molecular complexity index is 758. The van der Waals surface area contributed by atoms with E-state index in [0.29, 0.717) is 0 Å². The van der Waals surface area contributed by atoms with Crippen LogP contribution in [-0.2, 0) is 17.6 Å². The van der Waals surface area contributed by atoms with Gasteiger partial charge in [-0.25, -0.2) is 0 Å². The van der Waals surface area contributed by atoms with Gasteiger partial charge in [0, 0.05) is 17.1 Å². The second kappa shape index (κ2) is 4.95. The van der Waals surface area contributed by atoms with Crippen LogP contribution in [0.15, 0.2) is 30.3 Å². The summed E-state index contributed by atoms with van der Waals surface area (Å²) in [5, 5.41) is 9.39. The summed E-state index contributed by atoms with van der Waals surface area (Å²) in [6, 6.07) is 9.29. The van der Waals surface area contributed by atoms with Gasteiger partial charge in [0.25, 0.3) is 5.91 Å². The van der Waals surface area contributed by atoms with Crippen LogP contribution < -0.4 is 4.90 Å². The number of anilines is 1. The maximum atomic E-state index is 12.8. The predicted molar refractivity (Wildman–Crippen MR) is 84.8 cm³/mol. The van der Waals surface area contributed by atoms with E-state index in [1.165, 1.54) is 16.9 Å². The van der Waals surface area contributed by atoms with Crippen LogP contribution in [0.5, 0.6) is 0 Å². The van der Waals surface area contributed by atoms with E-state index >= 15 is 0 Å². The fourth-order valence-electron chi connectivity index (χ4n) is 3.38. The van der Waals surface area contributed by atoms with Gasteiger partial charge in [-0.05, 0) is 42.5 Å². The number of carboxylic acids is 1. The molecule has 5 heteroatoms. The van der Waals surface area contributed by atoms with Crippen molar-refractivity contribution < 1.29 is 14.7 Å². The first kappa shape index (κ1) is 13.5. The largest absolute Gasteiger partial charge is 0.481 e. The van der Waals surface area contributed by atoms with Crippen LogP contribution in [0, 0.1) is 0 Å². The summed E-state index contributed by atoms with van der Waals surface area (Å²) in [6.07, 6.45) is 3.28. The highest BCUT2D eigenvalue weighted by Gasteiger charge is 2.37. The summed E-state index contributed by atoms with van der Waals surface area (Å²) in [4.78, 5) is 27.9. The molecule has 2 aromatic rings. The first-order valence-corrected chi connectivity index (χ1v) is 8.22. The van der Waals surface area contributed by atoms with Crippen LogP contribution in [0.3, 0.4) is 0 Å². The zero-order valence-corrected chi connectivity index (χ0v) is 12.7. The second-order valence-corrected chi connectivity index (χ2v) is 6.91. The third-order valence-corrected chi connectivity index (χ3v) is 5.69. The Morgan fingerprint density at radius 1 is 1.23 bits per heavy atom. The van der Waals surface area contributed by atoms with Gasteiger partial charge in [-0.1, -0.05) is 18.2 Å². The Balaban J connectivity index is 1.70. The number of carbonyl (C=O) groups is 2. The van der Waals surface area contributed by atoms with E-state index in [0.717, 1.165) is 29.0 Å². The molecule has 112 valence electrons. The maximum absolute atomic E-state index is 12.8. The van der Waals surface area contributed by atoms with E-state index in [4.69, 9.17) is 0 Å². The van der Waals surface area contributed by atoms with E-state index in [1.807, 2.05) is 24.3 Å². The smallest absolute Gasteiger partial charge is 0.312 e. The van der Waals surface area contributed by atoms with E-state index in [9.17, 15) is 14.7 Å². The number of hydrogen-bond acceptors (Lipinski definition) is 3. The zero-order valence-electron chi connectivity index (χ0n) is 11.9. The van der Waals surface area contributed by atoms with Crippen LogP contribution >= 0.6 is 11.3 Å². The second-order valence-electron chi connectivity index (χ2n) is 5.78. The van der Waals surface area contributed by atoms with E-state index in [1.54, 1.807) is 22.3 Å². The number of nitrogens with zero attached hydrogens (tertiary/aromatic N) is 1. The van der Waals surface area contributed by atoms with Crippen molar-refractivity contribution in [1.82, 2.24) is 0 Å². The number of amides is 1. The Labute approximate surface area is 132 Å². The summed E-state index contributed by atoms with van der Waals surface area (Å²) < 4.78 is 0. The third kappa shape index (κ3) is 1.96. The average Bonchev–Trinajstić information content (AvgIpc) is 3.18. The van der Waals surface area contributed by atoms with Gasteiger partial charge in [0.15, 0.2) is 0 Å². The van der Waals surface area contributed by atoms with Gasteiger partial charge in [0.05, 0.1) is 4.88 Å². The minimum absolute atomic E-state index is 0.0735. The molecular weight excluding hydrogens is 298 g/mol. The van der Waals surface area contributed by atoms with Crippen molar-refractivity contribution in [3.63, 3.8) is 0 Å². The Morgan fingerprint density at radius 3 is 2.82 bits per heavy atom. The predicted octanol–water partition coefficient (Wildman–Crippen LogP) is 3.07. The maximum Gasteiger partial charge on any atom is 0.312 e. The Kier molecular flexibility index (Phi) is 3.04. The SMILES string of the molecule is O=C(O)[C@@H]1CN(C(=O)c2cc3c(s2)CCC3)c2ccccc21. The lowest BCUT2D eigenvalue weighted by Gasteiger charge is -2.16. The zero-order chi connectivity index (χ0) is 15.3. The molecule has 1 aromatic carbocycles. The summed E-state index contributed by atoms with van der Waals surface area (Å²) in [5.41, 5.74) is 2.75. The Morgan fingerprint density at radius 2 is 2.05 bits per heavy atom. The Hall–Kier alpha value is -2.14. The van der Waals surface area contributed by atoms with Crippen molar-refractivity contribution >= 4 is 28.9 Å². The quantitative estimate of drug-likeness (QED) is 0.927. The molecule has 4 rings (SSSR count). The molecule has 1 atom stereocenters. The van der Waals surface area contributed by atoms with Crippen molar-refractivity contribution in [1.29, 1.82) is 0 Å². The molecule has 1 N–H and O–H groups in total. The highest BCUT2D eigenvalue weighted by atomic mass is 32.1. The molecule has 1 amide bonds. The standard InChI is InChI=1S/C17H15NO3S/c19-16(15-8-10-4-3-7-14(10)22-15)18-9-12(17(20)21)11-5-1-2-6-13(11)18/h1-2,5-6,8,12H,3-4,7,9H2,(H,20,21)/t12-/m1/s1. The summed E-state index contributed by atoms with van der Waals surface area (Å²) in [6.45, 7) is 0.218. The van der Waals surface area contributed by atoms with E-state index in [-0.39, 0.29) is 12.5 Å². The fourth-order valence-corrected chi connectivity index (χ4v) is 4.58. The normalized spacial score (nSPS) is 19.1. The summed E-state index contributed by atoms with van der Waals surface area (Å²) >= 11 is 1.56. The van der Waals surface area contributed by atoms with Crippen molar-refractivity contribution in [3.8, 4) is 0 Å². The van der Waals surface area contributed by atoms with Crippen molar-refractivity contribution in [2.75, 3.05) is 11.4 Å². The molecule has 0 saturated carbocycles. The number of benzene rings is 1. The van der Waals surface area contributed by atoms with Gasteiger partial charge in [-0.2, -0.15) is 0 Å². The average molecular weight is 313 g/mol. The van der Waals surface area contributed by atoms with Crippen molar-refractivity contribution in [2.24, 2.45) is 0 Å². The molecular formula is C17H15NO3S. The highest BCUT2D eigenvalue weighted by Crippen LogP contribution is 2.39. The lowest BCUT2D eigenvalue weighted by atomic mass is 10.0. The van der Waals surface area contributed by atoms with Gasteiger partial charge in [0.1, 0.15) is 5.92 Å². The van der Waals surface area contributed by atoms with Crippen molar-refractivity contribution in [2.45, 2.75) is 25.2 Å². The van der Waals surface area contributed by atoms with Gasteiger partial charge >= 0.3 is 5.97 Å². The number of carboxylic acid groups (broad SMARTS) is 1. The topological polar surface area (TPSA) is 57.6 Å². The minimum Gasteiger partial charge on any atom is -0.481 e. The number of hydrogen-bond donors (Lipinski definition) is 1. The monoisotopic (exact) mass is 313 g/mol. The molecule has 0 fully saturated rings. The van der Waals surface area contributed by atoms with Crippen LogP contribution in [0.2, 0.25) is 0 Å².